The first-order chi connectivity index (χ1) is 66.8. The molecule has 0 atom stereocenters. The second kappa shape index (κ2) is 34.9. The number of nitrogens with zero attached hydrogens (tertiary/aromatic N) is 9. The van der Waals surface area contributed by atoms with E-state index >= 15 is 0 Å². The van der Waals surface area contributed by atoms with Gasteiger partial charge >= 0.3 is 0 Å². The molecule has 0 aliphatic carbocycles. The number of aromatic nitrogens is 9. The molecule has 6 heterocycles. The summed E-state index contributed by atoms with van der Waals surface area (Å²) in [5.41, 5.74) is 25.0. The van der Waals surface area contributed by atoms with Crippen molar-refractivity contribution in [2.75, 3.05) is 0 Å². The zero-order chi connectivity index (χ0) is 89.5. The van der Waals surface area contributed by atoms with E-state index < -0.39 is 0 Å². The average Bonchev–Trinajstić information content (AvgIpc) is 1.69. The van der Waals surface area contributed by atoms with Gasteiger partial charge in [0, 0.05) is 87.8 Å². The third-order valence-corrected chi connectivity index (χ3v) is 25.0. The van der Waals surface area contributed by atoms with Crippen LogP contribution in [-0.2, 0) is 0 Å². The van der Waals surface area contributed by atoms with Crippen LogP contribution in [0.2, 0.25) is 0 Å². The molecule has 0 amide bonds. The highest BCUT2D eigenvalue weighted by Crippen LogP contribution is 2.43. The van der Waals surface area contributed by atoms with E-state index in [1.807, 2.05) is 133 Å². The van der Waals surface area contributed by atoms with Gasteiger partial charge in [-0.05, 0) is 167 Å². The van der Waals surface area contributed by atoms with Crippen LogP contribution in [0, 0.1) is 0 Å². The summed E-state index contributed by atoms with van der Waals surface area (Å²) >= 11 is 0. The topological polar surface area (TPSA) is 155 Å². The molecule has 632 valence electrons. The van der Waals surface area contributed by atoms with E-state index in [4.69, 9.17) is 58.1 Å². The fourth-order valence-corrected chi connectivity index (χ4v) is 18.3. The van der Waals surface area contributed by atoms with E-state index in [9.17, 15) is 0 Å². The molecule has 20 aromatic carbocycles. The molecular formula is C123H77N9O3. The maximum absolute atomic E-state index is 6.27. The van der Waals surface area contributed by atoms with Crippen molar-refractivity contribution in [1.29, 1.82) is 0 Å². The first-order valence-corrected chi connectivity index (χ1v) is 45.0. The maximum Gasteiger partial charge on any atom is 0.164 e. The number of hydrogen-bond acceptors (Lipinski definition) is 12. The van der Waals surface area contributed by atoms with Crippen LogP contribution in [-0.4, -0.2) is 44.9 Å². The van der Waals surface area contributed by atoms with Gasteiger partial charge in [-0.15, -0.1) is 0 Å². The molecule has 0 spiro atoms. The Morgan fingerprint density at radius 1 is 0.126 bits per heavy atom. The first-order valence-electron chi connectivity index (χ1n) is 45.0. The predicted octanol–water partition coefficient (Wildman–Crippen LogP) is 32.1. The van der Waals surface area contributed by atoms with Gasteiger partial charge in [0.15, 0.2) is 52.4 Å². The number of rotatable bonds is 14. The average molecular weight is 1730 g/mol. The second-order valence-electron chi connectivity index (χ2n) is 33.4. The van der Waals surface area contributed by atoms with Gasteiger partial charge in [0.25, 0.3) is 0 Å². The van der Waals surface area contributed by atoms with Crippen molar-refractivity contribution in [1.82, 2.24) is 44.9 Å². The summed E-state index contributed by atoms with van der Waals surface area (Å²) in [6.45, 7) is 0. The molecule has 0 bridgehead atoms. The van der Waals surface area contributed by atoms with Crippen LogP contribution >= 0.6 is 0 Å². The summed E-state index contributed by atoms with van der Waals surface area (Å²) < 4.78 is 18.7. The molecule has 135 heavy (non-hydrogen) atoms. The van der Waals surface area contributed by atoms with Gasteiger partial charge in [0.1, 0.15) is 33.5 Å². The van der Waals surface area contributed by atoms with Gasteiger partial charge in [-0.3, -0.25) is 0 Å². The minimum atomic E-state index is 0.591. The van der Waals surface area contributed by atoms with E-state index in [2.05, 4.69) is 334 Å². The summed E-state index contributed by atoms with van der Waals surface area (Å²) in [5, 5.41) is 13.1. The van der Waals surface area contributed by atoms with E-state index in [0.717, 1.165) is 176 Å². The molecule has 26 rings (SSSR count). The number of furan rings is 3. The lowest BCUT2D eigenvalue weighted by atomic mass is 9.94. The molecule has 26 aromatic rings. The first kappa shape index (κ1) is 80.0. The quantitative estimate of drug-likeness (QED) is 0.102. The zero-order valence-electron chi connectivity index (χ0n) is 72.7. The molecule has 0 aliphatic heterocycles. The fraction of sp³-hybridized carbons (Fsp3) is 0. The Bertz CT molecular complexity index is 8980. The lowest BCUT2D eigenvalue weighted by Gasteiger charge is -2.13. The fourth-order valence-electron chi connectivity index (χ4n) is 18.3. The van der Waals surface area contributed by atoms with Crippen LogP contribution in [0.15, 0.2) is 480 Å². The van der Waals surface area contributed by atoms with Crippen molar-refractivity contribution in [2.24, 2.45) is 0 Å². The smallest absolute Gasteiger partial charge is 0.164 e. The summed E-state index contributed by atoms with van der Waals surface area (Å²) in [5.74, 6) is 5.58. The largest absolute Gasteiger partial charge is 0.456 e. The van der Waals surface area contributed by atoms with Gasteiger partial charge < -0.3 is 13.3 Å². The van der Waals surface area contributed by atoms with Crippen molar-refractivity contribution >= 4 is 98.1 Å². The third-order valence-electron chi connectivity index (χ3n) is 25.0. The molecule has 12 nitrogen and oxygen atoms in total. The van der Waals surface area contributed by atoms with Crippen LogP contribution in [0.1, 0.15) is 0 Å². The Hall–Kier alpha value is -18.4. The Labute approximate surface area is 776 Å². The summed E-state index contributed by atoms with van der Waals surface area (Å²) in [6, 6.07) is 160. The van der Waals surface area contributed by atoms with Crippen LogP contribution in [0.3, 0.4) is 0 Å². The normalized spacial score (nSPS) is 11.4. The van der Waals surface area contributed by atoms with Crippen LogP contribution in [0.4, 0.5) is 0 Å². The SMILES string of the molecule is c1ccc(-c2ccc(-c3nc(-c4ccccc4)nc(-c4ccc5c(ccc6c7ccccc7oc56)c4)n3)cc2)cc1.c1ccc(-c2cccc(-c3nc(-c4ccc5c(c4)oc4ccccc45)nc(-c4ccc(-c5ccccc5)c5ccccc45)n3)c2)cc1.c1ccc(-c2cccc(-c3nc(-c4ccc5cc(-c6ccccc6)ccc5c4)nc(-c4cccc5oc6ccccc6c45)n3)c2)cc1. The van der Waals surface area contributed by atoms with Gasteiger partial charge in [0.05, 0.1) is 0 Å². The zero-order valence-corrected chi connectivity index (χ0v) is 72.7. The molecule has 0 saturated heterocycles. The van der Waals surface area contributed by atoms with E-state index in [1.54, 1.807) is 0 Å². The van der Waals surface area contributed by atoms with E-state index in [1.165, 1.54) is 27.8 Å². The molecule has 12 heteroatoms. The molecule has 6 aromatic heterocycles. The summed E-state index contributed by atoms with van der Waals surface area (Å²) in [7, 11) is 0. The van der Waals surface area contributed by atoms with Gasteiger partial charge in [-0.25, -0.2) is 44.9 Å². The molecule has 0 radical (unpaired) electrons. The molecular weight excluding hydrogens is 1650 g/mol. The summed E-state index contributed by atoms with van der Waals surface area (Å²) in [4.78, 5) is 45.4. The van der Waals surface area contributed by atoms with E-state index in [-0.39, 0.29) is 0 Å². The van der Waals surface area contributed by atoms with E-state index in [0.29, 0.717) is 52.4 Å². The van der Waals surface area contributed by atoms with Crippen LogP contribution < -0.4 is 0 Å². The number of para-hydroxylation sites is 3. The van der Waals surface area contributed by atoms with Crippen molar-refractivity contribution in [3.63, 3.8) is 0 Å². The third kappa shape index (κ3) is 15.8. The van der Waals surface area contributed by atoms with Gasteiger partial charge in [-0.2, -0.15) is 0 Å². The standard InChI is InChI=1S/2C43H27N3O.C37H23N3O/c1-3-11-28(12-4-1)30-15-9-16-34(26-30)41-44-42(35-24-23-32-25-31(21-22-33(32)27-35)29-13-5-2-6-14-29)46-43(45-41)37-18-10-20-39-40(37)36-17-7-8-19-38(36)47-39;1-3-12-28(13-4-1)30-16-11-17-31(26-30)41-44-42(32-22-23-37-36-20-9-10-21-39(36)47-40(37)27-32)46-43(45-41)38-25-24-33(29-14-5-2-6-15-29)34-18-7-8-19-35(34)38;1-3-9-24(10-4-1)25-15-17-27(18-16-25)36-38-35(26-11-5-2-6-12-26)39-37(40-36)29-20-21-30-28(23-29)19-22-32-31-13-7-8-14-33(31)41-34(30)32/h2*1-27H;1-23H. The minimum absolute atomic E-state index is 0.591. The maximum atomic E-state index is 6.27. The molecule has 0 N–H and O–H groups in total. The number of hydrogen-bond donors (Lipinski definition) is 0. The van der Waals surface area contributed by atoms with Crippen molar-refractivity contribution < 1.29 is 13.3 Å². The highest BCUT2D eigenvalue weighted by atomic mass is 16.3. The van der Waals surface area contributed by atoms with Crippen LogP contribution in [0.25, 0.3) is 256 Å². The predicted molar refractivity (Wildman–Crippen MR) is 550 cm³/mol. The van der Waals surface area contributed by atoms with Crippen molar-refractivity contribution in [3.8, 4) is 158 Å². The highest BCUT2D eigenvalue weighted by molar-refractivity contribution is 6.16. The molecule has 0 aliphatic rings. The van der Waals surface area contributed by atoms with Gasteiger partial charge in [-0.1, -0.05) is 382 Å². The van der Waals surface area contributed by atoms with Gasteiger partial charge in [0.2, 0.25) is 0 Å². The Morgan fingerprint density at radius 2 is 0.415 bits per heavy atom. The minimum Gasteiger partial charge on any atom is -0.456 e. The lowest BCUT2D eigenvalue weighted by Crippen LogP contribution is -2.01. The van der Waals surface area contributed by atoms with Crippen molar-refractivity contribution in [2.45, 2.75) is 0 Å². The van der Waals surface area contributed by atoms with Crippen LogP contribution in [0.5, 0.6) is 0 Å². The van der Waals surface area contributed by atoms with Crippen molar-refractivity contribution in [3.05, 3.63) is 467 Å². The summed E-state index contributed by atoms with van der Waals surface area (Å²) in [6.07, 6.45) is 0. The number of fused-ring (bicyclic) bond motifs is 13. The highest BCUT2D eigenvalue weighted by Gasteiger charge is 2.24. The lowest BCUT2D eigenvalue weighted by molar-refractivity contribution is 0.668. The second-order valence-corrected chi connectivity index (χ2v) is 33.4. The Balaban J connectivity index is 0.000000111. The molecule has 0 unspecified atom stereocenters. The molecule has 0 fully saturated rings. The number of benzene rings is 20. The Morgan fingerprint density at radius 3 is 0.963 bits per heavy atom. The molecule has 0 saturated carbocycles. The Kier molecular flexibility index (Phi) is 20.7. The monoisotopic (exact) mass is 1730 g/mol.